The monoisotopic (exact) mass is 448 g/mol. The summed E-state index contributed by atoms with van der Waals surface area (Å²) in [5.74, 6) is -1.22. The first-order valence-electron chi connectivity index (χ1n) is 11.4. The number of carboxylic acid groups (broad SMARTS) is 1. The number of aliphatic carboxylic acids is 1. The molecule has 0 radical (unpaired) electrons. The lowest BCUT2D eigenvalue weighted by Gasteiger charge is -2.42. The number of benzene rings is 2. The number of nitrogens with zero attached hydrogens (tertiary/aromatic N) is 1. The molecule has 2 amide bonds. The van der Waals surface area contributed by atoms with Crippen LogP contribution in [0.1, 0.15) is 50.2 Å². The summed E-state index contributed by atoms with van der Waals surface area (Å²) in [6.45, 7) is 4.40. The first-order chi connectivity index (χ1) is 15.7. The Labute approximate surface area is 192 Å². The van der Waals surface area contributed by atoms with Gasteiger partial charge < -0.3 is 20.1 Å². The molecule has 1 saturated carbocycles. The van der Waals surface area contributed by atoms with Gasteiger partial charge in [-0.15, -0.1) is 0 Å². The minimum absolute atomic E-state index is 0.0346. The Balaban J connectivity index is 1.18. The van der Waals surface area contributed by atoms with Crippen molar-refractivity contribution in [3.05, 3.63) is 59.7 Å². The van der Waals surface area contributed by atoms with Gasteiger partial charge in [-0.2, -0.15) is 0 Å². The van der Waals surface area contributed by atoms with Crippen molar-refractivity contribution in [2.75, 3.05) is 13.2 Å². The Morgan fingerprint density at radius 1 is 1.09 bits per heavy atom. The molecule has 33 heavy (non-hydrogen) atoms. The zero-order valence-electron chi connectivity index (χ0n) is 18.8. The second-order valence-corrected chi connectivity index (χ2v) is 10.1. The van der Waals surface area contributed by atoms with Crippen LogP contribution in [0.2, 0.25) is 0 Å². The van der Waals surface area contributed by atoms with Gasteiger partial charge in [-0.1, -0.05) is 55.5 Å². The molecule has 172 valence electrons. The van der Waals surface area contributed by atoms with Gasteiger partial charge in [-0.3, -0.25) is 4.79 Å². The van der Waals surface area contributed by atoms with Crippen LogP contribution < -0.4 is 5.32 Å². The van der Waals surface area contributed by atoms with Gasteiger partial charge in [0.15, 0.2) is 0 Å². The van der Waals surface area contributed by atoms with Crippen LogP contribution >= 0.6 is 0 Å². The quantitative estimate of drug-likeness (QED) is 0.701. The molecule has 2 aromatic rings. The van der Waals surface area contributed by atoms with Gasteiger partial charge in [0.2, 0.25) is 5.91 Å². The van der Waals surface area contributed by atoms with E-state index in [1.165, 1.54) is 4.90 Å². The maximum atomic E-state index is 12.8. The van der Waals surface area contributed by atoms with Crippen LogP contribution in [0.5, 0.6) is 0 Å². The third-order valence-electron chi connectivity index (χ3n) is 7.38. The van der Waals surface area contributed by atoms with Crippen molar-refractivity contribution < 1.29 is 24.2 Å². The highest BCUT2D eigenvalue weighted by atomic mass is 16.5. The summed E-state index contributed by atoms with van der Waals surface area (Å²) in [6, 6.07) is 15.8. The lowest BCUT2D eigenvalue weighted by Crippen LogP contribution is -2.56. The lowest BCUT2D eigenvalue weighted by molar-refractivity contribution is -0.160. The van der Waals surface area contributed by atoms with Crippen LogP contribution in [0, 0.1) is 5.41 Å². The summed E-state index contributed by atoms with van der Waals surface area (Å²) in [5, 5.41) is 12.4. The fourth-order valence-electron chi connectivity index (χ4n) is 6.05. The molecule has 2 aliphatic carbocycles. The molecular weight excluding hydrogens is 420 g/mol. The lowest BCUT2D eigenvalue weighted by atomic mass is 9.63. The molecule has 2 heterocycles. The van der Waals surface area contributed by atoms with E-state index in [1.54, 1.807) is 6.92 Å². The molecule has 2 saturated heterocycles. The van der Waals surface area contributed by atoms with Crippen LogP contribution in [0.3, 0.4) is 0 Å². The number of carbonyl (C=O) groups is 3. The van der Waals surface area contributed by atoms with Gasteiger partial charge in [0.25, 0.3) is 0 Å². The number of alkyl carbamates (subject to hydrolysis) is 1. The summed E-state index contributed by atoms with van der Waals surface area (Å²) < 4.78 is 5.55. The summed E-state index contributed by atoms with van der Waals surface area (Å²) in [4.78, 5) is 38.6. The van der Waals surface area contributed by atoms with E-state index in [4.69, 9.17) is 4.74 Å². The minimum Gasteiger partial charge on any atom is -0.479 e. The van der Waals surface area contributed by atoms with Gasteiger partial charge in [0.05, 0.1) is 0 Å². The van der Waals surface area contributed by atoms with Gasteiger partial charge in [-0.05, 0) is 47.4 Å². The number of nitrogens with one attached hydrogen (secondary N) is 1. The highest BCUT2D eigenvalue weighted by molar-refractivity contribution is 5.90. The van der Waals surface area contributed by atoms with Crippen molar-refractivity contribution in [1.29, 1.82) is 0 Å². The van der Waals surface area contributed by atoms with E-state index >= 15 is 0 Å². The summed E-state index contributed by atoms with van der Waals surface area (Å²) in [6.07, 6.45) is 0.447. The van der Waals surface area contributed by atoms with Crippen molar-refractivity contribution in [2.24, 2.45) is 5.41 Å². The number of ether oxygens (including phenoxy) is 1. The van der Waals surface area contributed by atoms with Crippen LogP contribution in [-0.2, 0) is 14.3 Å². The van der Waals surface area contributed by atoms with E-state index in [0.29, 0.717) is 19.4 Å². The Kier molecular flexibility index (Phi) is 4.96. The first-order valence-corrected chi connectivity index (χ1v) is 11.4. The van der Waals surface area contributed by atoms with Gasteiger partial charge in [0, 0.05) is 24.9 Å². The zero-order chi connectivity index (χ0) is 23.4. The van der Waals surface area contributed by atoms with E-state index < -0.39 is 23.6 Å². The van der Waals surface area contributed by atoms with E-state index in [9.17, 15) is 19.5 Å². The van der Waals surface area contributed by atoms with Crippen molar-refractivity contribution >= 4 is 18.0 Å². The normalized spacial score (nSPS) is 25.6. The van der Waals surface area contributed by atoms with Crippen LogP contribution in [0.25, 0.3) is 11.1 Å². The molecule has 6 rings (SSSR count). The fraction of sp³-hybridized carbons (Fsp3) is 0.423. The molecule has 7 heteroatoms. The summed E-state index contributed by atoms with van der Waals surface area (Å²) in [5.41, 5.74) is 3.40. The molecule has 7 nitrogen and oxygen atoms in total. The number of hydrogen-bond acceptors (Lipinski definition) is 4. The number of amides is 2. The predicted octanol–water partition coefficient (Wildman–Crippen LogP) is 3.77. The number of rotatable bonds is 6. The topological polar surface area (TPSA) is 95.9 Å². The van der Waals surface area contributed by atoms with Crippen LogP contribution in [0.4, 0.5) is 4.79 Å². The molecule has 0 aromatic heterocycles. The molecule has 2 N–H and O–H groups in total. The summed E-state index contributed by atoms with van der Waals surface area (Å²) >= 11 is 0. The molecule has 2 aliphatic heterocycles. The largest absolute Gasteiger partial charge is 0.479 e. The Bertz CT molecular complexity index is 1090. The second kappa shape index (κ2) is 7.61. The van der Waals surface area contributed by atoms with E-state index in [2.05, 4.69) is 29.6 Å². The number of carbonyl (C=O) groups excluding carboxylic acids is 2. The minimum atomic E-state index is -1.07. The molecule has 3 fully saturated rings. The highest BCUT2D eigenvalue weighted by Gasteiger charge is 2.68. The third kappa shape index (κ3) is 3.46. The number of fused-ring (bicyclic) bond motifs is 4. The molecule has 2 bridgehead atoms. The van der Waals surface area contributed by atoms with E-state index in [-0.39, 0.29) is 30.3 Å². The smallest absolute Gasteiger partial charge is 0.407 e. The maximum Gasteiger partial charge on any atom is 0.407 e. The SMILES string of the molecule is C[C@@H](CC(=O)N1CC2(C)CC1(C(=O)O)C2)NC(=O)OCC1c2ccccc2-c2ccccc21. The second-order valence-electron chi connectivity index (χ2n) is 10.1. The molecule has 1 atom stereocenters. The van der Waals surface area contributed by atoms with Crippen LogP contribution in [0.15, 0.2) is 48.5 Å². The van der Waals surface area contributed by atoms with Crippen molar-refractivity contribution in [2.45, 2.75) is 50.6 Å². The van der Waals surface area contributed by atoms with Crippen molar-refractivity contribution in [3.8, 4) is 11.1 Å². The van der Waals surface area contributed by atoms with Gasteiger partial charge in [-0.25, -0.2) is 9.59 Å². The Hall–Kier alpha value is -3.35. The number of hydrogen-bond donors (Lipinski definition) is 2. The molecule has 0 unspecified atom stereocenters. The fourth-order valence-corrected chi connectivity index (χ4v) is 6.05. The Morgan fingerprint density at radius 3 is 2.24 bits per heavy atom. The highest BCUT2D eigenvalue weighted by Crippen LogP contribution is 2.59. The van der Waals surface area contributed by atoms with E-state index in [1.807, 2.05) is 31.2 Å². The third-order valence-corrected chi connectivity index (χ3v) is 7.38. The molecule has 2 aromatic carbocycles. The molecule has 4 aliphatic rings. The first kappa shape index (κ1) is 21.5. The van der Waals surface area contributed by atoms with Crippen molar-refractivity contribution in [1.82, 2.24) is 10.2 Å². The molecule has 0 spiro atoms. The summed E-state index contributed by atoms with van der Waals surface area (Å²) in [7, 11) is 0. The zero-order valence-corrected chi connectivity index (χ0v) is 18.8. The van der Waals surface area contributed by atoms with Crippen molar-refractivity contribution in [3.63, 3.8) is 0 Å². The average Bonchev–Trinajstić information content (AvgIpc) is 3.36. The van der Waals surface area contributed by atoms with Gasteiger partial charge in [0.1, 0.15) is 12.1 Å². The average molecular weight is 449 g/mol. The maximum absolute atomic E-state index is 12.8. The Morgan fingerprint density at radius 2 is 1.67 bits per heavy atom. The standard InChI is InChI=1S/C26H28N2O5/c1-16(11-22(29)28-15-25(2)13-26(28,14-25)23(30)31)27-24(32)33-12-21-19-9-5-3-7-17(19)18-8-4-6-10-20(18)21/h3-10,16,21H,11-15H2,1-2H3,(H,27,32)(H,30,31)/t16-,25?,26?/m0/s1. The van der Waals surface area contributed by atoms with Crippen LogP contribution in [-0.4, -0.2) is 52.7 Å². The van der Waals surface area contributed by atoms with Gasteiger partial charge >= 0.3 is 12.1 Å². The molecular formula is C26H28N2O5. The van der Waals surface area contributed by atoms with E-state index in [0.717, 1.165) is 22.3 Å². The predicted molar refractivity (Wildman–Crippen MR) is 122 cm³/mol. The number of carboxylic acids is 1.